The van der Waals surface area contributed by atoms with Crippen molar-refractivity contribution >= 4 is 11.9 Å². The first kappa shape index (κ1) is 13.3. The van der Waals surface area contributed by atoms with Gasteiger partial charge in [-0.05, 0) is 24.8 Å². The number of nitrogens with one attached hydrogen (secondary N) is 1. The van der Waals surface area contributed by atoms with E-state index in [2.05, 4.69) is 20.2 Å². The van der Waals surface area contributed by atoms with E-state index in [1.807, 2.05) is 6.07 Å². The van der Waals surface area contributed by atoms with Gasteiger partial charge in [0, 0.05) is 32.8 Å². The third kappa shape index (κ3) is 3.65. The first-order valence-electron chi connectivity index (χ1n) is 6.41. The summed E-state index contributed by atoms with van der Waals surface area (Å²) in [5.74, 6) is 1.16. The number of anilines is 1. The molecule has 0 aromatic carbocycles. The van der Waals surface area contributed by atoms with Gasteiger partial charge in [-0.15, -0.1) is 0 Å². The van der Waals surface area contributed by atoms with E-state index in [-0.39, 0.29) is 5.91 Å². The highest BCUT2D eigenvalue weighted by molar-refractivity contribution is 5.72. The minimum absolute atomic E-state index is 0.0208. The van der Waals surface area contributed by atoms with E-state index in [1.165, 1.54) is 6.92 Å². The number of aromatic nitrogens is 2. The number of rotatable bonds is 3. The summed E-state index contributed by atoms with van der Waals surface area (Å²) in [4.78, 5) is 21.4. The quantitative estimate of drug-likeness (QED) is 0.864. The van der Waals surface area contributed by atoms with Crippen molar-refractivity contribution in [1.29, 1.82) is 5.26 Å². The molecule has 0 bridgehead atoms. The van der Waals surface area contributed by atoms with Crippen molar-refractivity contribution in [2.24, 2.45) is 5.92 Å². The molecule has 1 N–H and O–H groups in total. The molecule has 1 aromatic heterocycles. The highest BCUT2D eigenvalue weighted by Gasteiger charge is 2.21. The van der Waals surface area contributed by atoms with Gasteiger partial charge in [0.05, 0.1) is 0 Å². The number of nitriles is 1. The molecule has 19 heavy (non-hydrogen) atoms. The highest BCUT2D eigenvalue weighted by atomic mass is 16.1. The zero-order chi connectivity index (χ0) is 13.7. The van der Waals surface area contributed by atoms with Crippen LogP contribution in [-0.4, -0.2) is 35.5 Å². The maximum absolute atomic E-state index is 10.9. The molecule has 0 aliphatic carbocycles. The van der Waals surface area contributed by atoms with Crippen LogP contribution in [0, 0.1) is 17.2 Å². The molecular formula is C13H17N5O. The maximum atomic E-state index is 10.9. The van der Waals surface area contributed by atoms with Crippen LogP contribution < -0.4 is 10.2 Å². The van der Waals surface area contributed by atoms with Crippen LogP contribution >= 0.6 is 0 Å². The number of piperidine rings is 1. The highest BCUT2D eigenvalue weighted by Crippen LogP contribution is 2.19. The molecule has 0 spiro atoms. The van der Waals surface area contributed by atoms with E-state index in [4.69, 9.17) is 5.26 Å². The molecule has 2 rings (SSSR count). The van der Waals surface area contributed by atoms with Crippen LogP contribution in [0.5, 0.6) is 0 Å². The molecule has 6 heteroatoms. The van der Waals surface area contributed by atoms with Crippen molar-refractivity contribution in [3.05, 3.63) is 18.0 Å². The Bertz CT molecular complexity index is 488. The van der Waals surface area contributed by atoms with Crippen LogP contribution in [0.4, 0.5) is 5.95 Å². The molecule has 0 radical (unpaired) electrons. The van der Waals surface area contributed by atoms with Gasteiger partial charge in [-0.2, -0.15) is 5.26 Å². The Morgan fingerprint density at radius 3 is 2.95 bits per heavy atom. The van der Waals surface area contributed by atoms with E-state index in [0.717, 1.165) is 32.5 Å². The van der Waals surface area contributed by atoms with Gasteiger partial charge in [-0.1, -0.05) is 0 Å². The van der Waals surface area contributed by atoms with E-state index in [1.54, 1.807) is 12.3 Å². The van der Waals surface area contributed by atoms with Gasteiger partial charge in [-0.3, -0.25) is 4.79 Å². The van der Waals surface area contributed by atoms with Gasteiger partial charge in [0.25, 0.3) is 0 Å². The molecule has 6 nitrogen and oxygen atoms in total. The van der Waals surface area contributed by atoms with Crippen molar-refractivity contribution in [3.8, 4) is 6.07 Å². The fourth-order valence-corrected chi connectivity index (χ4v) is 2.19. The molecule has 1 aliphatic heterocycles. The molecule has 0 saturated carbocycles. The summed E-state index contributed by atoms with van der Waals surface area (Å²) < 4.78 is 0. The van der Waals surface area contributed by atoms with E-state index in [9.17, 15) is 4.79 Å². The molecule has 0 unspecified atom stereocenters. The van der Waals surface area contributed by atoms with Gasteiger partial charge in [0.2, 0.25) is 11.9 Å². The second-order valence-corrected chi connectivity index (χ2v) is 4.72. The maximum Gasteiger partial charge on any atom is 0.226 e. The summed E-state index contributed by atoms with van der Waals surface area (Å²) in [7, 11) is 0. The molecule has 1 aromatic rings. The van der Waals surface area contributed by atoms with Crippen molar-refractivity contribution in [3.63, 3.8) is 0 Å². The fraction of sp³-hybridized carbons (Fsp3) is 0.538. The third-order valence-corrected chi connectivity index (χ3v) is 3.29. The monoisotopic (exact) mass is 259 g/mol. The molecule has 100 valence electrons. The standard InChI is InChI=1S/C13H17N5O/c1-10(19)16-9-11-3-6-18(7-4-11)13-15-5-2-12(8-14)17-13/h2,5,11H,3-4,6-7,9H2,1H3,(H,16,19). The van der Waals surface area contributed by atoms with Crippen molar-refractivity contribution < 1.29 is 4.79 Å². The second-order valence-electron chi connectivity index (χ2n) is 4.72. The van der Waals surface area contributed by atoms with Gasteiger partial charge in [0.1, 0.15) is 11.8 Å². The number of carbonyl (C=O) groups excluding carboxylic acids is 1. The Morgan fingerprint density at radius 2 is 2.32 bits per heavy atom. The number of amides is 1. The predicted octanol–water partition coefficient (Wildman–Crippen LogP) is 0.701. The SMILES string of the molecule is CC(=O)NCC1CCN(c2nccc(C#N)n2)CC1. The average Bonchev–Trinajstić information content (AvgIpc) is 2.45. The molecular weight excluding hydrogens is 242 g/mol. The molecule has 1 amide bonds. The molecule has 1 aliphatic rings. The Hall–Kier alpha value is -2.16. The summed E-state index contributed by atoms with van der Waals surface area (Å²) in [6.07, 6.45) is 3.62. The van der Waals surface area contributed by atoms with Gasteiger partial charge < -0.3 is 10.2 Å². The lowest BCUT2D eigenvalue weighted by atomic mass is 9.97. The van der Waals surface area contributed by atoms with Gasteiger partial charge in [-0.25, -0.2) is 9.97 Å². The van der Waals surface area contributed by atoms with Crippen molar-refractivity contribution in [2.75, 3.05) is 24.5 Å². The normalized spacial score (nSPS) is 15.9. The molecule has 2 heterocycles. The summed E-state index contributed by atoms with van der Waals surface area (Å²) >= 11 is 0. The summed E-state index contributed by atoms with van der Waals surface area (Å²) in [5, 5.41) is 11.7. The lowest BCUT2D eigenvalue weighted by Gasteiger charge is -2.31. The van der Waals surface area contributed by atoms with Crippen LogP contribution in [0.15, 0.2) is 12.3 Å². The zero-order valence-electron chi connectivity index (χ0n) is 11.0. The zero-order valence-corrected chi connectivity index (χ0v) is 11.0. The second kappa shape index (κ2) is 6.14. The van der Waals surface area contributed by atoms with Crippen LogP contribution in [0.1, 0.15) is 25.5 Å². The van der Waals surface area contributed by atoms with Crippen molar-refractivity contribution in [1.82, 2.24) is 15.3 Å². The minimum atomic E-state index is 0.0208. The first-order valence-corrected chi connectivity index (χ1v) is 6.41. The topological polar surface area (TPSA) is 81.9 Å². The van der Waals surface area contributed by atoms with E-state index < -0.39 is 0 Å². The van der Waals surface area contributed by atoms with E-state index in [0.29, 0.717) is 17.6 Å². The van der Waals surface area contributed by atoms with Gasteiger partial charge >= 0.3 is 0 Å². The lowest BCUT2D eigenvalue weighted by Crippen LogP contribution is -2.39. The molecule has 0 atom stereocenters. The summed E-state index contributed by atoms with van der Waals surface area (Å²) in [6, 6.07) is 3.63. The molecule has 1 fully saturated rings. The third-order valence-electron chi connectivity index (χ3n) is 3.29. The predicted molar refractivity (Wildman–Crippen MR) is 70.4 cm³/mol. The Labute approximate surface area is 112 Å². The largest absolute Gasteiger partial charge is 0.356 e. The lowest BCUT2D eigenvalue weighted by molar-refractivity contribution is -0.119. The Morgan fingerprint density at radius 1 is 1.58 bits per heavy atom. The smallest absolute Gasteiger partial charge is 0.226 e. The number of hydrogen-bond acceptors (Lipinski definition) is 5. The summed E-state index contributed by atoms with van der Waals surface area (Å²) in [5.41, 5.74) is 0.394. The van der Waals surface area contributed by atoms with Crippen LogP contribution in [0.3, 0.4) is 0 Å². The molecule has 1 saturated heterocycles. The number of carbonyl (C=O) groups is 1. The van der Waals surface area contributed by atoms with Crippen LogP contribution in [0.25, 0.3) is 0 Å². The Kier molecular flexibility index (Phi) is 4.29. The van der Waals surface area contributed by atoms with Crippen LogP contribution in [0.2, 0.25) is 0 Å². The van der Waals surface area contributed by atoms with Gasteiger partial charge in [0.15, 0.2) is 0 Å². The average molecular weight is 259 g/mol. The fourth-order valence-electron chi connectivity index (χ4n) is 2.19. The number of nitrogens with zero attached hydrogens (tertiary/aromatic N) is 4. The number of hydrogen-bond donors (Lipinski definition) is 1. The van der Waals surface area contributed by atoms with Crippen molar-refractivity contribution in [2.45, 2.75) is 19.8 Å². The first-order chi connectivity index (χ1) is 9.19. The van der Waals surface area contributed by atoms with E-state index >= 15 is 0 Å². The minimum Gasteiger partial charge on any atom is -0.356 e. The van der Waals surface area contributed by atoms with Crippen LogP contribution in [-0.2, 0) is 4.79 Å². The Balaban J connectivity index is 1.89. The summed E-state index contributed by atoms with van der Waals surface area (Å²) in [6.45, 7) is 4.00.